The molecule has 0 spiro atoms. The number of carboxylic acid groups (broad SMARTS) is 2. The lowest BCUT2D eigenvalue weighted by atomic mass is 9.76. The van der Waals surface area contributed by atoms with E-state index in [-0.39, 0.29) is 25.9 Å². The Bertz CT molecular complexity index is 293. The van der Waals surface area contributed by atoms with E-state index in [1.807, 2.05) is 0 Å². The molecule has 1 heterocycles. The molecule has 0 bridgehead atoms. The predicted molar refractivity (Wildman–Crippen MR) is 55.2 cm³/mol. The van der Waals surface area contributed by atoms with Gasteiger partial charge in [0.15, 0.2) is 0 Å². The Labute approximate surface area is 93.5 Å². The minimum Gasteiger partial charge on any atom is -0.481 e. The Hall–Kier alpha value is -1.30. The number of aliphatic carboxylic acids is 1. The Morgan fingerprint density at radius 3 is 2.44 bits per heavy atom. The van der Waals surface area contributed by atoms with Crippen LogP contribution in [0.4, 0.5) is 4.79 Å². The summed E-state index contributed by atoms with van der Waals surface area (Å²) in [5.74, 6) is -1.05. The van der Waals surface area contributed by atoms with E-state index >= 15 is 0 Å². The largest absolute Gasteiger partial charge is 0.481 e. The molecule has 3 N–H and O–H groups in total. The highest BCUT2D eigenvalue weighted by Crippen LogP contribution is 2.35. The fourth-order valence-corrected chi connectivity index (χ4v) is 2.17. The van der Waals surface area contributed by atoms with Crippen LogP contribution in [0.15, 0.2) is 0 Å². The van der Waals surface area contributed by atoms with Crippen LogP contribution in [-0.2, 0) is 4.79 Å². The maximum atomic E-state index is 11.2. The molecule has 0 aromatic rings. The zero-order valence-electron chi connectivity index (χ0n) is 9.22. The van der Waals surface area contributed by atoms with Gasteiger partial charge in [-0.2, -0.15) is 0 Å². The lowest BCUT2D eigenvalue weighted by Crippen LogP contribution is -2.42. The quantitative estimate of drug-likeness (QED) is 0.646. The first kappa shape index (κ1) is 12.8. The third-order valence-corrected chi connectivity index (χ3v) is 3.47. The first-order valence-corrected chi connectivity index (χ1v) is 5.33. The minimum atomic E-state index is -1.20. The molecule has 1 saturated heterocycles. The standard InChI is InChI=1S/C10H17NO5/c1-2-10(8(13)14)4-6-11(9(15)16)5-3-7(10)12/h7,12H,2-6H2,1H3,(H,13,14)(H,15,16). The van der Waals surface area contributed by atoms with Gasteiger partial charge in [0.2, 0.25) is 0 Å². The summed E-state index contributed by atoms with van der Waals surface area (Å²) in [6.07, 6.45) is -1.42. The first-order valence-electron chi connectivity index (χ1n) is 5.33. The van der Waals surface area contributed by atoms with Crippen LogP contribution in [0.1, 0.15) is 26.2 Å². The monoisotopic (exact) mass is 231 g/mol. The van der Waals surface area contributed by atoms with Crippen molar-refractivity contribution in [3.05, 3.63) is 0 Å². The number of aliphatic hydroxyl groups is 1. The van der Waals surface area contributed by atoms with Gasteiger partial charge in [0.25, 0.3) is 0 Å². The van der Waals surface area contributed by atoms with Crippen molar-refractivity contribution in [1.29, 1.82) is 0 Å². The summed E-state index contributed by atoms with van der Waals surface area (Å²) in [6, 6.07) is 0. The van der Waals surface area contributed by atoms with Gasteiger partial charge >= 0.3 is 12.1 Å². The smallest absolute Gasteiger partial charge is 0.407 e. The fraction of sp³-hybridized carbons (Fsp3) is 0.800. The van der Waals surface area contributed by atoms with Gasteiger partial charge < -0.3 is 20.2 Å². The number of carboxylic acids is 1. The van der Waals surface area contributed by atoms with Gasteiger partial charge in [-0.05, 0) is 19.3 Å². The summed E-state index contributed by atoms with van der Waals surface area (Å²) in [5.41, 5.74) is -1.20. The summed E-state index contributed by atoms with van der Waals surface area (Å²) in [7, 11) is 0. The van der Waals surface area contributed by atoms with Gasteiger partial charge in [0.05, 0.1) is 11.5 Å². The molecule has 0 radical (unpaired) electrons. The van der Waals surface area contributed by atoms with E-state index in [0.29, 0.717) is 6.42 Å². The maximum absolute atomic E-state index is 11.2. The molecule has 0 aromatic carbocycles. The second-order valence-corrected chi connectivity index (χ2v) is 4.14. The van der Waals surface area contributed by atoms with E-state index < -0.39 is 23.6 Å². The Kier molecular flexibility index (Phi) is 3.74. The number of carbonyl (C=O) groups is 2. The third-order valence-electron chi connectivity index (χ3n) is 3.47. The van der Waals surface area contributed by atoms with Crippen LogP contribution in [0.2, 0.25) is 0 Å². The molecule has 6 heteroatoms. The SMILES string of the molecule is CCC1(C(=O)O)CCN(C(=O)O)CCC1O. The van der Waals surface area contributed by atoms with E-state index in [4.69, 9.17) is 5.11 Å². The molecule has 1 amide bonds. The topological polar surface area (TPSA) is 98.1 Å². The Balaban J connectivity index is 2.88. The molecule has 92 valence electrons. The summed E-state index contributed by atoms with van der Waals surface area (Å²) in [5, 5.41) is 27.9. The molecule has 16 heavy (non-hydrogen) atoms. The van der Waals surface area contributed by atoms with Crippen molar-refractivity contribution in [2.75, 3.05) is 13.1 Å². The number of nitrogens with zero attached hydrogens (tertiary/aromatic N) is 1. The lowest BCUT2D eigenvalue weighted by Gasteiger charge is -2.30. The Morgan fingerprint density at radius 2 is 2.00 bits per heavy atom. The van der Waals surface area contributed by atoms with Crippen LogP contribution in [0.3, 0.4) is 0 Å². The van der Waals surface area contributed by atoms with Crippen LogP contribution >= 0.6 is 0 Å². The molecule has 2 unspecified atom stereocenters. The van der Waals surface area contributed by atoms with Crippen LogP contribution in [-0.4, -0.2) is 51.5 Å². The van der Waals surface area contributed by atoms with Crippen molar-refractivity contribution >= 4 is 12.1 Å². The van der Waals surface area contributed by atoms with E-state index in [1.165, 1.54) is 0 Å². The van der Waals surface area contributed by atoms with Gasteiger partial charge in [0.1, 0.15) is 0 Å². The molecule has 6 nitrogen and oxygen atoms in total. The normalized spacial score (nSPS) is 30.9. The highest BCUT2D eigenvalue weighted by atomic mass is 16.4. The zero-order valence-corrected chi connectivity index (χ0v) is 9.22. The number of amides is 1. The number of likely N-dealkylation sites (tertiary alicyclic amines) is 1. The molecular weight excluding hydrogens is 214 g/mol. The Morgan fingerprint density at radius 1 is 1.38 bits per heavy atom. The lowest BCUT2D eigenvalue weighted by molar-refractivity contribution is -0.157. The van der Waals surface area contributed by atoms with E-state index in [2.05, 4.69) is 0 Å². The summed E-state index contributed by atoms with van der Waals surface area (Å²) < 4.78 is 0. The van der Waals surface area contributed by atoms with Crippen LogP contribution in [0, 0.1) is 5.41 Å². The fourth-order valence-electron chi connectivity index (χ4n) is 2.17. The van der Waals surface area contributed by atoms with Gasteiger partial charge in [-0.3, -0.25) is 4.79 Å². The number of aliphatic hydroxyl groups excluding tert-OH is 1. The summed E-state index contributed by atoms with van der Waals surface area (Å²) in [4.78, 5) is 23.2. The van der Waals surface area contributed by atoms with Gasteiger partial charge in [0, 0.05) is 13.1 Å². The molecule has 1 aliphatic heterocycles. The van der Waals surface area contributed by atoms with Crippen LogP contribution < -0.4 is 0 Å². The molecule has 1 fully saturated rings. The third kappa shape index (κ3) is 2.11. The highest BCUT2D eigenvalue weighted by molar-refractivity contribution is 5.75. The second kappa shape index (κ2) is 4.69. The van der Waals surface area contributed by atoms with Crippen molar-refractivity contribution < 1.29 is 24.9 Å². The van der Waals surface area contributed by atoms with E-state index in [0.717, 1.165) is 4.90 Å². The van der Waals surface area contributed by atoms with Crippen molar-refractivity contribution in [2.45, 2.75) is 32.3 Å². The van der Waals surface area contributed by atoms with Crippen molar-refractivity contribution in [2.24, 2.45) is 5.41 Å². The van der Waals surface area contributed by atoms with E-state index in [1.54, 1.807) is 6.92 Å². The van der Waals surface area contributed by atoms with Gasteiger partial charge in [-0.1, -0.05) is 6.92 Å². The molecule has 2 atom stereocenters. The molecule has 1 rings (SSSR count). The van der Waals surface area contributed by atoms with Crippen molar-refractivity contribution in [1.82, 2.24) is 4.90 Å². The number of hydrogen-bond donors (Lipinski definition) is 3. The molecule has 0 saturated carbocycles. The molecular formula is C10H17NO5. The highest BCUT2D eigenvalue weighted by Gasteiger charge is 2.45. The average Bonchev–Trinajstić information content (AvgIpc) is 2.38. The average molecular weight is 231 g/mol. The van der Waals surface area contributed by atoms with E-state index in [9.17, 15) is 19.8 Å². The molecule has 0 aliphatic carbocycles. The minimum absolute atomic E-state index is 0.159. The molecule has 1 aliphatic rings. The first-order chi connectivity index (χ1) is 7.44. The van der Waals surface area contributed by atoms with Gasteiger partial charge in [-0.25, -0.2) is 4.79 Å². The molecule has 0 aromatic heterocycles. The summed E-state index contributed by atoms with van der Waals surface area (Å²) >= 11 is 0. The predicted octanol–water partition coefficient (Wildman–Crippen LogP) is 0.602. The zero-order chi connectivity index (χ0) is 12.3. The summed E-state index contributed by atoms with van der Waals surface area (Å²) in [6.45, 7) is 2.05. The van der Waals surface area contributed by atoms with Gasteiger partial charge in [-0.15, -0.1) is 0 Å². The van der Waals surface area contributed by atoms with Crippen molar-refractivity contribution in [3.63, 3.8) is 0 Å². The maximum Gasteiger partial charge on any atom is 0.407 e. The number of hydrogen-bond acceptors (Lipinski definition) is 3. The van der Waals surface area contributed by atoms with Crippen molar-refractivity contribution in [3.8, 4) is 0 Å². The van der Waals surface area contributed by atoms with Crippen LogP contribution in [0.25, 0.3) is 0 Å². The number of rotatable bonds is 2. The van der Waals surface area contributed by atoms with Crippen LogP contribution in [0.5, 0.6) is 0 Å². The second-order valence-electron chi connectivity index (χ2n) is 4.14.